The number of halogens is 1. The van der Waals surface area contributed by atoms with Crippen LogP contribution in [0.3, 0.4) is 0 Å². The van der Waals surface area contributed by atoms with E-state index < -0.39 is 5.41 Å². The van der Waals surface area contributed by atoms with Gasteiger partial charge in [0.2, 0.25) is 5.91 Å². The van der Waals surface area contributed by atoms with E-state index in [1.807, 2.05) is 0 Å². The van der Waals surface area contributed by atoms with E-state index in [2.05, 4.69) is 10.4 Å². The Bertz CT molecular complexity index is 721. The summed E-state index contributed by atoms with van der Waals surface area (Å²) in [6, 6.07) is 6.34. The fourth-order valence-corrected chi connectivity index (χ4v) is 2.90. The molecule has 1 aromatic carbocycles. The molecule has 1 saturated heterocycles. The van der Waals surface area contributed by atoms with Crippen LogP contribution in [0.2, 0.25) is 0 Å². The van der Waals surface area contributed by atoms with E-state index >= 15 is 0 Å². The first-order valence-electron chi connectivity index (χ1n) is 8.17. The molecule has 2 heterocycles. The lowest BCUT2D eigenvalue weighted by Crippen LogP contribution is -2.35. The predicted molar refractivity (Wildman–Crippen MR) is 89.3 cm³/mol. The maximum Gasteiger partial charge on any atom is 0.234 e. The number of amides is 1. The predicted octanol–water partition coefficient (Wildman–Crippen LogP) is 3.12. The molecule has 3 rings (SSSR count). The molecule has 1 aliphatic rings. The van der Waals surface area contributed by atoms with Crippen LogP contribution < -0.4 is 5.32 Å². The largest absolute Gasteiger partial charge is 0.376 e. The first kappa shape index (κ1) is 16.6. The maximum atomic E-state index is 14.0. The van der Waals surface area contributed by atoms with E-state index in [9.17, 15) is 9.18 Å². The zero-order valence-electron chi connectivity index (χ0n) is 14.0. The van der Waals surface area contributed by atoms with Crippen LogP contribution in [-0.2, 0) is 21.5 Å². The molecule has 1 N–H and O–H groups in total. The summed E-state index contributed by atoms with van der Waals surface area (Å²) in [5.74, 6) is -0.656. The van der Waals surface area contributed by atoms with Gasteiger partial charge in [0.25, 0.3) is 0 Å². The molecule has 128 valence electrons. The van der Waals surface area contributed by atoms with E-state index in [1.165, 1.54) is 6.07 Å². The number of ether oxygens (including phenoxy) is 1. The van der Waals surface area contributed by atoms with Crippen molar-refractivity contribution in [2.75, 3.05) is 11.9 Å². The number of aromatic nitrogens is 2. The van der Waals surface area contributed by atoms with Gasteiger partial charge in [0.1, 0.15) is 5.82 Å². The average Bonchev–Trinajstić information content (AvgIpc) is 3.20. The number of nitrogens with zero attached hydrogens (tertiary/aromatic N) is 2. The molecule has 24 heavy (non-hydrogen) atoms. The lowest BCUT2D eigenvalue weighted by atomic mass is 9.83. The van der Waals surface area contributed by atoms with Crippen LogP contribution in [0.1, 0.15) is 32.3 Å². The molecule has 1 fully saturated rings. The minimum Gasteiger partial charge on any atom is -0.376 e. The summed E-state index contributed by atoms with van der Waals surface area (Å²) in [4.78, 5) is 12.6. The Morgan fingerprint density at radius 2 is 2.25 bits per heavy atom. The minimum atomic E-state index is -0.984. The lowest BCUT2D eigenvalue weighted by Gasteiger charge is -2.24. The molecule has 1 aliphatic heterocycles. The van der Waals surface area contributed by atoms with Crippen molar-refractivity contribution in [3.63, 3.8) is 0 Å². The van der Waals surface area contributed by atoms with Crippen LogP contribution in [0.5, 0.6) is 0 Å². The van der Waals surface area contributed by atoms with Gasteiger partial charge in [-0.3, -0.25) is 9.48 Å². The molecule has 0 bridgehead atoms. The molecule has 0 unspecified atom stereocenters. The second-order valence-corrected chi connectivity index (χ2v) is 6.65. The summed E-state index contributed by atoms with van der Waals surface area (Å²) in [6.07, 6.45) is 5.67. The second-order valence-electron chi connectivity index (χ2n) is 6.65. The van der Waals surface area contributed by atoms with Gasteiger partial charge in [-0.05, 0) is 32.8 Å². The Balaban J connectivity index is 1.68. The normalized spacial score (nSPS) is 17.9. The first-order valence-corrected chi connectivity index (χ1v) is 8.17. The van der Waals surface area contributed by atoms with Crippen molar-refractivity contribution in [2.24, 2.45) is 0 Å². The van der Waals surface area contributed by atoms with Gasteiger partial charge in [0, 0.05) is 18.4 Å². The molecule has 1 atom stereocenters. The number of benzene rings is 1. The van der Waals surface area contributed by atoms with Gasteiger partial charge in [-0.1, -0.05) is 18.2 Å². The van der Waals surface area contributed by atoms with Gasteiger partial charge < -0.3 is 10.1 Å². The molecule has 0 spiro atoms. The fraction of sp³-hybridized carbons (Fsp3) is 0.444. The van der Waals surface area contributed by atoms with Crippen LogP contribution in [0.25, 0.3) is 0 Å². The van der Waals surface area contributed by atoms with Gasteiger partial charge in [-0.2, -0.15) is 5.10 Å². The number of hydrogen-bond donors (Lipinski definition) is 1. The Kier molecular flexibility index (Phi) is 4.66. The third kappa shape index (κ3) is 3.48. The highest BCUT2D eigenvalue weighted by molar-refractivity contribution is 5.98. The summed E-state index contributed by atoms with van der Waals surface area (Å²) in [5.41, 5.74) is -0.0150. The highest BCUT2D eigenvalue weighted by Crippen LogP contribution is 2.27. The van der Waals surface area contributed by atoms with Gasteiger partial charge in [-0.25, -0.2) is 4.39 Å². The number of anilines is 1. The average molecular weight is 331 g/mol. The quantitative estimate of drug-likeness (QED) is 0.916. The Morgan fingerprint density at radius 3 is 2.96 bits per heavy atom. The Hall–Kier alpha value is -2.21. The van der Waals surface area contributed by atoms with Crippen molar-refractivity contribution in [2.45, 2.75) is 44.8 Å². The molecule has 0 saturated carbocycles. The molecule has 6 heteroatoms. The number of rotatable bonds is 5. The molecule has 0 aliphatic carbocycles. The Morgan fingerprint density at radius 1 is 1.46 bits per heavy atom. The van der Waals surface area contributed by atoms with Crippen LogP contribution in [0, 0.1) is 5.82 Å². The van der Waals surface area contributed by atoms with Gasteiger partial charge in [0.05, 0.1) is 29.9 Å². The minimum absolute atomic E-state index is 0.184. The third-order valence-electron chi connectivity index (χ3n) is 4.42. The van der Waals surface area contributed by atoms with Gasteiger partial charge in [-0.15, -0.1) is 0 Å². The standard InChI is InChI=1S/C18H22FN3O2/c1-18(2,15-7-3-4-8-16(15)19)17(23)21-13-10-20-22(11-13)12-14-6-5-9-24-14/h3-4,7-8,10-11,14H,5-6,9,12H2,1-2H3,(H,21,23)/t14-/m0/s1. The summed E-state index contributed by atoms with van der Waals surface area (Å²) >= 11 is 0. The van der Waals surface area contributed by atoms with Crippen LogP contribution in [-0.4, -0.2) is 28.4 Å². The van der Waals surface area contributed by atoms with Gasteiger partial charge in [0.15, 0.2) is 0 Å². The zero-order valence-corrected chi connectivity index (χ0v) is 14.0. The molecule has 0 radical (unpaired) electrons. The third-order valence-corrected chi connectivity index (χ3v) is 4.42. The van der Waals surface area contributed by atoms with E-state index in [1.54, 1.807) is 49.1 Å². The summed E-state index contributed by atoms with van der Waals surface area (Å²) in [5, 5.41) is 7.08. The topological polar surface area (TPSA) is 56.2 Å². The molecule has 1 aromatic heterocycles. The van der Waals surface area contributed by atoms with E-state index in [0.29, 0.717) is 17.8 Å². The second kappa shape index (κ2) is 6.73. The molecule has 1 amide bonds. The Labute approximate surface area is 140 Å². The van der Waals surface area contributed by atoms with Crippen molar-refractivity contribution in [3.8, 4) is 0 Å². The van der Waals surface area contributed by atoms with Gasteiger partial charge >= 0.3 is 0 Å². The van der Waals surface area contributed by atoms with E-state index in [0.717, 1.165) is 19.4 Å². The van der Waals surface area contributed by atoms with E-state index in [-0.39, 0.29) is 17.8 Å². The highest BCUT2D eigenvalue weighted by Gasteiger charge is 2.32. The number of carbonyl (C=O) groups excluding carboxylic acids is 1. The number of carbonyl (C=O) groups is 1. The molecule has 5 nitrogen and oxygen atoms in total. The van der Waals surface area contributed by atoms with Crippen molar-refractivity contribution in [1.29, 1.82) is 0 Å². The molecular formula is C18H22FN3O2. The fourth-order valence-electron chi connectivity index (χ4n) is 2.90. The number of hydrogen-bond acceptors (Lipinski definition) is 3. The van der Waals surface area contributed by atoms with Crippen molar-refractivity contribution >= 4 is 11.6 Å². The summed E-state index contributed by atoms with van der Waals surface area (Å²) in [7, 11) is 0. The van der Waals surface area contributed by atoms with Crippen LogP contribution in [0.4, 0.5) is 10.1 Å². The maximum absolute atomic E-state index is 14.0. The molecule has 2 aromatic rings. The molecular weight excluding hydrogens is 309 g/mol. The summed E-state index contributed by atoms with van der Waals surface area (Å²) < 4.78 is 21.4. The van der Waals surface area contributed by atoms with E-state index in [4.69, 9.17) is 4.74 Å². The summed E-state index contributed by atoms with van der Waals surface area (Å²) in [6.45, 7) is 4.88. The smallest absolute Gasteiger partial charge is 0.234 e. The number of nitrogens with one attached hydrogen (secondary N) is 1. The first-order chi connectivity index (χ1) is 11.5. The highest BCUT2D eigenvalue weighted by atomic mass is 19.1. The van der Waals surface area contributed by atoms with Crippen molar-refractivity contribution in [3.05, 3.63) is 48.0 Å². The SMILES string of the molecule is CC(C)(C(=O)Nc1cnn(C[C@@H]2CCCO2)c1)c1ccccc1F. The van der Waals surface area contributed by atoms with Crippen molar-refractivity contribution in [1.82, 2.24) is 9.78 Å². The lowest BCUT2D eigenvalue weighted by molar-refractivity contribution is -0.120. The van der Waals surface area contributed by atoms with Crippen LogP contribution in [0.15, 0.2) is 36.7 Å². The monoisotopic (exact) mass is 331 g/mol. The zero-order chi connectivity index (χ0) is 17.2. The van der Waals surface area contributed by atoms with Crippen molar-refractivity contribution < 1.29 is 13.9 Å². The van der Waals surface area contributed by atoms with Crippen LogP contribution >= 0.6 is 0 Å².